The van der Waals surface area contributed by atoms with Gasteiger partial charge in [-0.15, -0.1) is 0 Å². The van der Waals surface area contributed by atoms with Crippen LogP contribution in [0.3, 0.4) is 0 Å². The summed E-state index contributed by atoms with van der Waals surface area (Å²) in [7, 11) is 0. The molecule has 16 heavy (non-hydrogen) atoms. The molecule has 0 aromatic heterocycles. The molecule has 0 radical (unpaired) electrons. The molecule has 0 amide bonds. The van der Waals surface area contributed by atoms with E-state index in [1.165, 1.54) is 25.8 Å². The zero-order valence-electron chi connectivity index (χ0n) is 10.7. The van der Waals surface area contributed by atoms with E-state index in [1.807, 2.05) is 0 Å². The van der Waals surface area contributed by atoms with Crippen molar-refractivity contribution in [2.24, 2.45) is 17.8 Å². The zero-order chi connectivity index (χ0) is 11.4. The summed E-state index contributed by atoms with van der Waals surface area (Å²) in [6.45, 7) is 8.87. The van der Waals surface area contributed by atoms with Crippen LogP contribution < -0.4 is 5.32 Å². The number of ether oxygens (including phenoxy) is 1. The van der Waals surface area contributed by atoms with E-state index in [0.29, 0.717) is 0 Å². The average Bonchev–Trinajstić information content (AvgIpc) is 2.69. The standard InChI is InChI=1S/C14H25NO/c1-11-5-12(2)7-14(6-11)9-15-8-13-3-4-16-10-13/h5,11,13-15H,3-4,6-10H2,1-2H3. The highest BCUT2D eigenvalue weighted by atomic mass is 16.5. The molecule has 3 atom stereocenters. The summed E-state index contributed by atoms with van der Waals surface area (Å²) >= 11 is 0. The van der Waals surface area contributed by atoms with Crippen LogP contribution in [0.2, 0.25) is 0 Å². The number of hydrogen-bond acceptors (Lipinski definition) is 2. The lowest BCUT2D eigenvalue weighted by Gasteiger charge is -2.26. The number of hydrogen-bond donors (Lipinski definition) is 1. The van der Waals surface area contributed by atoms with Gasteiger partial charge in [0.15, 0.2) is 0 Å². The molecule has 1 saturated heterocycles. The maximum Gasteiger partial charge on any atom is 0.0507 e. The Bertz CT molecular complexity index is 243. The second-order valence-corrected chi connectivity index (χ2v) is 5.68. The molecule has 1 heterocycles. The van der Waals surface area contributed by atoms with Crippen molar-refractivity contribution in [3.05, 3.63) is 11.6 Å². The van der Waals surface area contributed by atoms with E-state index >= 15 is 0 Å². The number of nitrogens with one attached hydrogen (secondary N) is 1. The van der Waals surface area contributed by atoms with Crippen LogP contribution in [0.4, 0.5) is 0 Å². The third-order valence-electron chi connectivity index (χ3n) is 3.77. The summed E-state index contributed by atoms with van der Waals surface area (Å²) in [6, 6.07) is 0. The van der Waals surface area contributed by atoms with E-state index in [2.05, 4.69) is 25.2 Å². The first-order chi connectivity index (χ1) is 7.74. The smallest absolute Gasteiger partial charge is 0.0507 e. The molecule has 1 N–H and O–H groups in total. The highest BCUT2D eigenvalue weighted by Crippen LogP contribution is 2.27. The summed E-state index contributed by atoms with van der Waals surface area (Å²) < 4.78 is 5.38. The largest absolute Gasteiger partial charge is 0.381 e. The minimum Gasteiger partial charge on any atom is -0.381 e. The summed E-state index contributed by atoms with van der Waals surface area (Å²) in [5.74, 6) is 2.38. The topological polar surface area (TPSA) is 21.3 Å². The quantitative estimate of drug-likeness (QED) is 0.740. The van der Waals surface area contributed by atoms with Crippen LogP contribution in [0.5, 0.6) is 0 Å². The van der Waals surface area contributed by atoms with Gasteiger partial charge in [-0.2, -0.15) is 0 Å². The molecule has 2 heteroatoms. The van der Waals surface area contributed by atoms with Gasteiger partial charge in [0, 0.05) is 13.2 Å². The van der Waals surface area contributed by atoms with Crippen molar-refractivity contribution in [2.45, 2.75) is 33.1 Å². The molecule has 0 bridgehead atoms. The van der Waals surface area contributed by atoms with Gasteiger partial charge < -0.3 is 10.1 Å². The zero-order valence-corrected chi connectivity index (χ0v) is 10.7. The predicted octanol–water partition coefficient (Wildman–Crippen LogP) is 2.60. The first kappa shape index (κ1) is 12.1. The summed E-state index contributed by atoms with van der Waals surface area (Å²) in [4.78, 5) is 0. The van der Waals surface area contributed by atoms with E-state index < -0.39 is 0 Å². The average molecular weight is 223 g/mol. The molecule has 0 spiro atoms. The van der Waals surface area contributed by atoms with Crippen LogP contribution >= 0.6 is 0 Å². The molecule has 0 saturated carbocycles. The Balaban J connectivity index is 1.64. The molecular weight excluding hydrogens is 198 g/mol. The molecule has 1 aliphatic carbocycles. The molecule has 2 aliphatic rings. The number of rotatable bonds is 4. The van der Waals surface area contributed by atoms with Crippen LogP contribution in [-0.2, 0) is 4.74 Å². The van der Waals surface area contributed by atoms with E-state index in [9.17, 15) is 0 Å². The number of allylic oxidation sites excluding steroid dienone is 2. The molecule has 2 nitrogen and oxygen atoms in total. The van der Waals surface area contributed by atoms with Crippen molar-refractivity contribution < 1.29 is 4.74 Å². The predicted molar refractivity (Wildman–Crippen MR) is 67.4 cm³/mol. The second kappa shape index (κ2) is 5.83. The summed E-state index contributed by atoms with van der Waals surface area (Å²) in [5, 5.41) is 3.63. The molecule has 3 unspecified atom stereocenters. The maximum atomic E-state index is 5.38. The fourth-order valence-corrected chi connectivity index (χ4v) is 3.08. The van der Waals surface area contributed by atoms with Gasteiger partial charge in [0.2, 0.25) is 0 Å². The summed E-state index contributed by atoms with van der Waals surface area (Å²) in [6.07, 6.45) is 6.32. The Morgan fingerprint density at radius 2 is 2.19 bits per heavy atom. The van der Waals surface area contributed by atoms with Crippen molar-refractivity contribution in [1.82, 2.24) is 5.32 Å². The van der Waals surface area contributed by atoms with Crippen LogP contribution in [0, 0.1) is 17.8 Å². The third kappa shape index (κ3) is 3.60. The molecule has 92 valence electrons. The van der Waals surface area contributed by atoms with E-state index in [1.54, 1.807) is 5.57 Å². The third-order valence-corrected chi connectivity index (χ3v) is 3.77. The van der Waals surface area contributed by atoms with Gasteiger partial charge in [-0.25, -0.2) is 0 Å². The van der Waals surface area contributed by atoms with Crippen molar-refractivity contribution in [2.75, 3.05) is 26.3 Å². The molecule has 0 aromatic carbocycles. The molecule has 2 rings (SSSR count). The fourth-order valence-electron chi connectivity index (χ4n) is 3.08. The van der Waals surface area contributed by atoms with Gasteiger partial charge in [0.1, 0.15) is 0 Å². The fraction of sp³-hybridized carbons (Fsp3) is 0.857. The Hall–Kier alpha value is -0.340. The van der Waals surface area contributed by atoms with Crippen molar-refractivity contribution in [1.29, 1.82) is 0 Å². The van der Waals surface area contributed by atoms with E-state index in [0.717, 1.165) is 37.5 Å². The molecular formula is C14H25NO. The lowest BCUT2D eigenvalue weighted by molar-refractivity contribution is 0.185. The van der Waals surface area contributed by atoms with Gasteiger partial charge in [-0.1, -0.05) is 18.6 Å². The van der Waals surface area contributed by atoms with Crippen molar-refractivity contribution >= 4 is 0 Å². The lowest BCUT2D eigenvalue weighted by Crippen LogP contribution is -2.30. The van der Waals surface area contributed by atoms with Gasteiger partial charge in [0.05, 0.1) is 6.61 Å². The first-order valence-electron chi connectivity index (χ1n) is 6.70. The van der Waals surface area contributed by atoms with Gasteiger partial charge in [-0.05, 0) is 50.5 Å². The van der Waals surface area contributed by atoms with Gasteiger partial charge >= 0.3 is 0 Å². The summed E-state index contributed by atoms with van der Waals surface area (Å²) in [5.41, 5.74) is 1.58. The van der Waals surface area contributed by atoms with Crippen LogP contribution in [0.1, 0.15) is 33.1 Å². The van der Waals surface area contributed by atoms with E-state index in [-0.39, 0.29) is 0 Å². The highest BCUT2D eigenvalue weighted by molar-refractivity contribution is 5.06. The van der Waals surface area contributed by atoms with E-state index in [4.69, 9.17) is 4.74 Å². The lowest BCUT2D eigenvalue weighted by atomic mass is 9.83. The molecule has 1 fully saturated rings. The van der Waals surface area contributed by atoms with Crippen LogP contribution in [0.15, 0.2) is 11.6 Å². The minimum atomic E-state index is 0.762. The normalized spacial score (nSPS) is 35.1. The second-order valence-electron chi connectivity index (χ2n) is 5.68. The SMILES string of the molecule is CC1=CC(C)CC(CNCC2CCOC2)C1. The Morgan fingerprint density at radius 3 is 2.88 bits per heavy atom. The monoisotopic (exact) mass is 223 g/mol. The van der Waals surface area contributed by atoms with Crippen LogP contribution in [-0.4, -0.2) is 26.3 Å². The van der Waals surface area contributed by atoms with Gasteiger partial charge in [-0.3, -0.25) is 0 Å². The molecule has 1 aliphatic heterocycles. The van der Waals surface area contributed by atoms with Crippen LogP contribution in [0.25, 0.3) is 0 Å². The Morgan fingerprint density at radius 1 is 1.38 bits per heavy atom. The Labute approximate surface area is 99.4 Å². The minimum absolute atomic E-state index is 0.762. The van der Waals surface area contributed by atoms with Gasteiger partial charge in [0.25, 0.3) is 0 Å². The van der Waals surface area contributed by atoms with Crippen molar-refractivity contribution in [3.63, 3.8) is 0 Å². The Kier molecular flexibility index (Phi) is 4.42. The maximum absolute atomic E-state index is 5.38. The molecule has 0 aromatic rings. The first-order valence-corrected chi connectivity index (χ1v) is 6.70. The highest BCUT2D eigenvalue weighted by Gasteiger charge is 2.19. The van der Waals surface area contributed by atoms with Crippen molar-refractivity contribution in [3.8, 4) is 0 Å².